The van der Waals surface area contributed by atoms with Gasteiger partial charge in [0, 0.05) is 33.9 Å². The number of benzene rings is 1. The van der Waals surface area contributed by atoms with Crippen molar-refractivity contribution in [2.45, 2.75) is 32.2 Å². The van der Waals surface area contributed by atoms with E-state index in [2.05, 4.69) is 11.1 Å². The molecule has 0 N–H and O–H groups in total. The normalized spacial score (nSPS) is 11.6. The first-order valence-electron chi connectivity index (χ1n) is 10.1. The zero-order chi connectivity index (χ0) is 23.5. The van der Waals surface area contributed by atoms with Crippen molar-refractivity contribution in [1.82, 2.24) is 8.87 Å². The number of rotatable bonds is 10. The van der Waals surface area contributed by atoms with Gasteiger partial charge >= 0.3 is 0 Å². The van der Waals surface area contributed by atoms with Crippen molar-refractivity contribution in [2.24, 2.45) is 0 Å². The number of aromatic nitrogens is 1. The number of aryl methyl sites for hydroxylation is 1. The molecule has 3 rings (SSSR count). The molecule has 0 saturated carbocycles. The molecule has 0 spiro atoms. The Kier molecular flexibility index (Phi) is 7.28. The van der Waals surface area contributed by atoms with Crippen molar-refractivity contribution in [2.75, 3.05) is 13.1 Å². The van der Waals surface area contributed by atoms with Crippen molar-refractivity contribution < 1.29 is 18.0 Å². The van der Waals surface area contributed by atoms with E-state index >= 15 is 0 Å². The van der Waals surface area contributed by atoms with Gasteiger partial charge < -0.3 is 4.57 Å². The molecule has 0 radical (unpaired) electrons. The molecule has 0 aliphatic rings. The van der Waals surface area contributed by atoms with Gasteiger partial charge in [-0.3, -0.25) is 9.59 Å². The van der Waals surface area contributed by atoms with Crippen molar-refractivity contribution in [1.29, 1.82) is 0 Å². The molecular weight excluding hydrogens is 444 g/mol. The van der Waals surface area contributed by atoms with Crippen molar-refractivity contribution in [3.63, 3.8) is 0 Å². The molecule has 0 aliphatic heterocycles. The smallest absolute Gasteiger partial charge is 0.243 e. The minimum atomic E-state index is -3.94. The Hall–Kier alpha value is -2.81. The van der Waals surface area contributed by atoms with Crippen molar-refractivity contribution in [3.05, 3.63) is 87.9 Å². The highest BCUT2D eigenvalue weighted by molar-refractivity contribution is 7.89. The van der Waals surface area contributed by atoms with Crippen LogP contribution < -0.4 is 0 Å². The Bertz CT molecular complexity index is 1240. The molecule has 8 heteroatoms. The molecule has 2 aromatic heterocycles. The zero-order valence-corrected chi connectivity index (χ0v) is 20.0. The highest BCUT2D eigenvalue weighted by atomic mass is 32.2. The van der Waals surface area contributed by atoms with Crippen LogP contribution in [0, 0.1) is 13.8 Å². The Morgan fingerprint density at radius 3 is 2.41 bits per heavy atom. The minimum Gasteiger partial charge on any atom is -0.343 e. The Labute approximate surface area is 192 Å². The van der Waals surface area contributed by atoms with Crippen LogP contribution in [0.4, 0.5) is 0 Å². The van der Waals surface area contributed by atoms with Crippen LogP contribution in [-0.2, 0) is 16.6 Å². The van der Waals surface area contributed by atoms with Gasteiger partial charge in [-0.15, -0.1) is 17.9 Å². The first kappa shape index (κ1) is 23.8. The van der Waals surface area contributed by atoms with Gasteiger partial charge in [-0.05, 0) is 50.4 Å². The Morgan fingerprint density at radius 1 is 1.16 bits per heavy atom. The quantitative estimate of drug-likeness (QED) is 0.323. The fraction of sp³-hybridized carbons (Fsp3) is 0.250. The summed E-state index contributed by atoms with van der Waals surface area (Å²) < 4.78 is 29.5. The summed E-state index contributed by atoms with van der Waals surface area (Å²) in [6, 6.07) is 11.6. The van der Waals surface area contributed by atoms with Crippen LogP contribution in [0.15, 0.2) is 65.4 Å². The van der Waals surface area contributed by atoms with Crippen molar-refractivity contribution >= 4 is 32.9 Å². The van der Waals surface area contributed by atoms with Crippen LogP contribution in [0.5, 0.6) is 0 Å². The third-order valence-electron chi connectivity index (χ3n) is 5.32. The van der Waals surface area contributed by atoms with E-state index in [1.807, 2.05) is 37.4 Å². The van der Waals surface area contributed by atoms with Crippen LogP contribution in [0.25, 0.3) is 0 Å². The van der Waals surface area contributed by atoms with E-state index < -0.39 is 10.0 Å². The molecule has 0 bridgehead atoms. The lowest BCUT2D eigenvalue weighted by Gasteiger charge is -2.20. The molecule has 1 aromatic carbocycles. The lowest BCUT2D eigenvalue weighted by atomic mass is 10.1. The highest BCUT2D eigenvalue weighted by Crippen LogP contribution is 2.22. The van der Waals surface area contributed by atoms with Gasteiger partial charge in [-0.25, -0.2) is 8.42 Å². The van der Waals surface area contributed by atoms with E-state index in [0.717, 1.165) is 15.7 Å². The number of carbonyl (C=O) groups excluding carboxylic acids is 2. The zero-order valence-electron chi connectivity index (χ0n) is 18.4. The van der Waals surface area contributed by atoms with E-state index in [9.17, 15) is 18.0 Å². The van der Waals surface area contributed by atoms with Gasteiger partial charge in [-0.2, -0.15) is 4.31 Å². The third-order valence-corrected chi connectivity index (χ3v) is 8.01. The van der Waals surface area contributed by atoms with Crippen LogP contribution >= 0.6 is 11.3 Å². The molecule has 2 heterocycles. The van der Waals surface area contributed by atoms with Gasteiger partial charge in [0.25, 0.3) is 0 Å². The van der Waals surface area contributed by atoms with E-state index in [-0.39, 0.29) is 29.6 Å². The number of hydrogen-bond donors (Lipinski definition) is 0. The summed E-state index contributed by atoms with van der Waals surface area (Å²) in [7, 11) is -3.94. The molecule has 3 aromatic rings. The van der Waals surface area contributed by atoms with Crippen LogP contribution in [-0.4, -0.2) is 41.9 Å². The van der Waals surface area contributed by atoms with Gasteiger partial charge in [0.15, 0.2) is 11.6 Å². The van der Waals surface area contributed by atoms with Crippen molar-refractivity contribution in [3.8, 4) is 0 Å². The molecule has 0 saturated heterocycles. The number of ketones is 2. The minimum absolute atomic E-state index is 0.00351. The van der Waals surface area contributed by atoms with E-state index in [0.29, 0.717) is 17.7 Å². The predicted octanol–water partition coefficient (Wildman–Crippen LogP) is 4.48. The van der Waals surface area contributed by atoms with Gasteiger partial charge in [0.2, 0.25) is 10.0 Å². The largest absolute Gasteiger partial charge is 0.343 e. The molecule has 0 atom stereocenters. The van der Waals surface area contributed by atoms with Gasteiger partial charge in [-0.1, -0.05) is 24.3 Å². The fourth-order valence-electron chi connectivity index (χ4n) is 3.53. The Morgan fingerprint density at radius 2 is 1.84 bits per heavy atom. The summed E-state index contributed by atoms with van der Waals surface area (Å²) >= 11 is 1.65. The first-order chi connectivity index (χ1) is 15.1. The van der Waals surface area contributed by atoms with E-state index in [1.165, 1.54) is 42.1 Å². The predicted molar refractivity (Wildman–Crippen MR) is 127 cm³/mol. The first-order valence-corrected chi connectivity index (χ1v) is 12.4. The summed E-state index contributed by atoms with van der Waals surface area (Å²) in [6.07, 6.45) is 1.45. The molecule has 0 amide bonds. The lowest BCUT2D eigenvalue weighted by molar-refractivity contribution is 0.0967. The maximum atomic E-state index is 13.2. The monoisotopic (exact) mass is 470 g/mol. The molecule has 0 unspecified atom stereocenters. The van der Waals surface area contributed by atoms with E-state index in [4.69, 9.17) is 0 Å². The summed E-state index contributed by atoms with van der Waals surface area (Å²) in [6.45, 7) is 9.23. The molecule has 0 fully saturated rings. The second-order valence-corrected chi connectivity index (χ2v) is 10.5. The van der Waals surface area contributed by atoms with Crippen LogP contribution in [0.2, 0.25) is 0 Å². The van der Waals surface area contributed by atoms with Crippen LogP contribution in [0.1, 0.15) is 43.9 Å². The summed E-state index contributed by atoms with van der Waals surface area (Å²) in [5.41, 5.74) is 2.68. The second kappa shape index (κ2) is 9.77. The maximum absolute atomic E-state index is 13.2. The lowest BCUT2D eigenvalue weighted by Crippen LogP contribution is -2.36. The molecule has 0 aliphatic carbocycles. The molecular formula is C24H26N2O4S2. The number of carbonyl (C=O) groups is 2. The fourth-order valence-corrected chi connectivity index (χ4v) is 5.59. The van der Waals surface area contributed by atoms with Gasteiger partial charge in [0.1, 0.15) is 0 Å². The summed E-state index contributed by atoms with van der Waals surface area (Å²) in [5.74, 6) is -0.425. The SMILES string of the molecule is C=CCN(CC(=O)c1cc(C)n(Cc2cccs2)c1C)S(=O)(=O)c1ccc(C(C)=O)cc1. The second-order valence-electron chi connectivity index (χ2n) is 7.54. The summed E-state index contributed by atoms with van der Waals surface area (Å²) in [4.78, 5) is 25.8. The average molecular weight is 471 g/mol. The third kappa shape index (κ3) is 4.98. The molecule has 32 heavy (non-hydrogen) atoms. The Balaban J connectivity index is 1.86. The van der Waals surface area contributed by atoms with Crippen LogP contribution in [0.3, 0.4) is 0 Å². The average Bonchev–Trinajstić information content (AvgIpc) is 3.37. The molecule has 6 nitrogen and oxygen atoms in total. The number of sulfonamides is 1. The number of nitrogens with zero attached hydrogens (tertiary/aromatic N) is 2. The molecule has 168 valence electrons. The highest BCUT2D eigenvalue weighted by Gasteiger charge is 2.27. The topological polar surface area (TPSA) is 76.5 Å². The van der Waals surface area contributed by atoms with Gasteiger partial charge in [0.05, 0.1) is 18.0 Å². The number of hydrogen-bond acceptors (Lipinski definition) is 5. The summed E-state index contributed by atoms with van der Waals surface area (Å²) in [5, 5.41) is 2.01. The number of Topliss-reactive ketones (excluding diaryl/α,β-unsaturated/α-hetero) is 2. The standard InChI is InChI=1S/C24H26N2O4S2/c1-5-12-25(32(29,30)22-10-8-20(9-11-22)19(4)27)16-24(28)23-14-17(2)26(18(23)3)15-21-7-6-13-31-21/h5-11,13-14H,1,12,15-16H2,2-4H3. The maximum Gasteiger partial charge on any atom is 0.243 e. The number of thiophene rings is 1. The van der Waals surface area contributed by atoms with E-state index in [1.54, 1.807) is 11.3 Å².